The number of aromatic carboxylic acids is 1. The Kier molecular flexibility index (Phi) is 3.98. The average Bonchev–Trinajstić information content (AvgIpc) is 2.43. The van der Waals surface area contributed by atoms with Crippen molar-refractivity contribution in [2.75, 3.05) is 12.0 Å². The number of nitrogens with zero attached hydrogens (tertiary/aromatic N) is 1. The van der Waals surface area contributed by atoms with Crippen LogP contribution in [0.2, 0.25) is 0 Å². The Hall–Kier alpha value is -1.30. The molecule has 0 aromatic carbocycles. The first-order valence-corrected chi connectivity index (χ1v) is 7.36. The fourth-order valence-corrected chi connectivity index (χ4v) is 2.50. The molecule has 0 aliphatic heterocycles. The quantitative estimate of drug-likeness (QED) is 0.863. The lowest BCUT2D eigenvalue weighted by atomic mass is 10.2. The van der Waals surface area contributed by atoms with Gasteiger partial charge < -0.3 is 9.67 Å². The van der Waals surface area contributed by atoms with Gasteiger partial charge in [-0.05, 0) is 26.3 Å². The minimum Gasteiger partial charge on any atom is -0.478 e. The molecule has 1 N–H and O–H groups in total. The van der Waals surface area contributed by atoms with Gasteiger partial charge in [-0.3, -0.25) is 0 Å². The molecule has 0 fully saturated rings. The molecular formula is C11H17NO4S. The average molecular weight is 259 g/mol. The van der Waals surface area contributed by atoms with Crippen LogP contribution < -0.4 is 0 Å². The number of hydrogen-bond acceptors (Lipinski definition) is 3. The predicted molar refractivity (Wildman–Crippen MR) is 65.2 cm³/mol. The normalized spacial score (nSPS) is 11.7. The van der Waals surface area contributed by atoms with Crippen molar-refractivity contribution in [3.05, 3.63) is 23.0 Å². The largest absolute Gasteiger partial charge is 0.478 e. The molecule has 96 valence electrons. The Bertz CT molecular complexity index is 528. The van der Waals surface area contributed by atoms with E-state index in [1.54, 1.807) is 13.0 Å². The van der Waals surface area contributed by atoms with Crippen molar-refractivity contribution in [2.24, 2.45) is 0 Å². The highest BCUT2D eigenvalue weighted by atomic mass is 32.2. The number of sulfone groups is 1. The molecular weight excluding hydrogens is 242 g/mol. The van der Waals surface area contributed by atoms with E-state index in [1.165, 1.54) is 6.26 Å². The lowest BCUT2D eigenvalue weighted by Crippen LogP contribution is -2.10. The van der Waals surface area contributed by atoms with E-state index in [0.29, 0.717) is 18.7 Å². The second-order valence-corrected chi connectivity index (χ2v) is 6.48. The minimum atomic E-state index is -2.96. The summed E-state index contributed by atoms with van der Waals surface area (Å²) >= 11 is 0. The summed E-state index contributed by atoms with van der Waals surface area (Å²) in [4.78, 5) is 10.9. The fourth-order valence-electron chi connectivity index (χ4n) is 1.85. The van der Waals surface area contributed by atoms with Crippen molar-refractivity contribution >= 4 is 15.8 Å². The zero-order valence-electron chi connectivity index (χ0n) is 10.2. The molecule has 0 aliphatic carbocycles. The highest BCUT2D eigenvalue weighted by Gasteiger charge is 2.14. The fraction of sp³-hybridized carbons (Fsp3) is 0.545. The van der Waals surface area contributed by atoms with E-state index in [1.807, 2.05) is 11.5 Å². The van der Waals surface area contributed by atoms with Crippen LogP contribution in [0.3, 0.4) is 0 Å². The van der Waals surface area contributed by atoms with Gasteiger partial charge in [0.2, 0.25) is 0 Å². The van der Waals surface area contributed by atoms with Crippen LogP contribution >= 0.6 is 0 Å². The summed E-state index contributed by atoms with van der Waals surface area (Å²) < 4.78 is 23.8. The van der Waals surface area contributed by atoms with Gasteiger partial charge >= 0.3 is 5.97 Å². The first-order chi connectivity index (χ1) is 7.72. The van der Waals surface area contributed by atoms with Gasteiger partial charge in [-0.2, -0.15) is 0 Å². The van der Waals surface area contributed by atoms with Crippen LogP contribution in [0.15, 0.2) is 6.07 Å². The van der Waals surface area contributed by atoms with Gasteiger partial charge in [-0.15, -0.1) is 0 Å². The molecule has 0 atom stereocenters. The lowest BCUT2D eigenvalue weighted by Gasteiger charge is -2.08. The van der Waals surface area contributed by atoms with Crippen LogP contribution in [0, 0.1) is 13.8 Å². The number of rotatable bonds is 5. The molecule has 0 aliphatic rings. The Morgan fingerprint density at radius 2 is 2.00 bits per heavy atom. The molecule has 1 aromatic heterocycles. The maximum Gasteiger partial charge on any atom is 0.337 e. The monoisotopic (exact) mass is 259 g/mol. The van der Waals surface area contributed by atoms with Crippen molar-refractivity contribution < 1.29 is 18.3 Å². The van der Waals surface area contributed by atoms with E-state index in [0.717, 1.165) is 5.69 Å². The second kappa shape index (κ2) is 4.91. The summed E-state index contributed by atoms with van der Waals surface area (Å²) in [6.45, 7) is 4.08. The molecule has 1 rings (SSSR count). The first kappa shape index (κ1) is 13.8. The SMILES string of the molecule is Cc1cc(C(=O)O)c(C)n1CCCS(C)(=O)=O. The van der Waals surface area contributed by atoms with Crippen LogP contribution in [-0.4, -0.2) is 36.1 Å². The molecule has 0 saturated heterocycles. The zero-order valence-corrected chi connectivity index (χ0v) is 11.0. The van der Waals surface area contributed by atoms with Crippen LogP contribution in [-0.2, 0) is 16.4 Å². The third kappa shape index (κ3) is 3.59. The third-order valence-corrected chi connectivity index (χ3v) is 3.73. The summed E-state index contributed by atoms with van der Waals surface area (Å²) in [6.07, 6.45) is 1.69. The summed E-state index contributed by atoms with van der Waals surface area (Å²) in [6, 6.07) is 1.61. The van der Waals surface area contributed by atoms with Gasteiger partial charge in [0.15, 0.2) is 0 Å². The molecule has 0 bridgehead atoms. The van der Waals surface area contributed by atoms with E-state index in [-0.39, 0.29) is 11.3 Å². The van der Waals surface area contributed by atoms with E-state index in [2.05, 4.69) is 0 Å². The molecule has 0 saturated carbocycles. The highest BCUT2D eigenvalue weighted by molar-refractivity contribution is 7.90. The summed E-state index contributed by atoms with van der Waals surface area (Å²) in [5, 5.41) is 8.95. The summed E-state index contributed by atoms with van der Waals surface area (Å²) in [5.41, 5.74) is 1.79. The molecule has 6 heteroatoms. The van der Waals surface area contributed by atoms with Crippen LogP contribution in [0.1, 0.15) is 28.2 Å². The summed E-state index contributed by atoms with van der Waals surface area (Å²) in [5.74, 6) is -0.834. The minimum absolute atomic E-state index is 0.118. The Morgan fingerprint density at radius 3 is 2.41 bits per heavy atom. The Morgan fingerprint density at radius 1 is 1.41 bits per heavy atom. The second-order valence-electron chi connectivity index (χ2n) is 4.23. The number of carbonyl (C=O) groups is 1. The van der Waals surface area contributed by atoms with Crippen molar-refractivity contribution in [1.29, 1.82) is 0 Å². The molecule has 0 unspecified atom stereocenters. The lowest BCUT2D eigenvalue weighted by molar-refractivity contribution is 0.0696. The van der Waals surface area contributed by atoms with E-state index in [4.69, 9.17) is 5.11 Å². The van der Waals surface area contributed by atoms with Crippen molar-refractivity contribution in [2.45, 2.75) is 26.8 Å². The van der Waals surface area contributed by atoms with E-state index < -0.39 is 15.8 Å². The van der Waals surface area contributed by atoms with Crippen molar-refractivity contribution in [1.82, 2.24) is 4.57 Å². The van der Waals surface area contributed by atoms with Gasteiger partial charge in [0.1, 0.15) is 9.84 Å². The smallest absolute Gasteiger partial charge is 0.337 e. The van der Waals surface area contributed by atoms with E-state index >= 15 is 0 Å². The molecule has 1 aromatic rings. The van der Waals surface area contributed by atoms with Gasteiger partial charge in [-0.25, -0.2) is 13.2 Å². The standard InChI is InChI=1S/C11H17NO4S/c1-8-7-10(11(13)14)9(2)12(8)5-4-6-17(3,15)16/h7H,4-6H2,1-3H3,(H,13,14). The maximum atomic E-state index is 11.0. The Labute approximate surface area is 101 Å². The van der Waals surface area contributed by atoms with Crippen molar-refractivity contribution in [3.63, 3.8) is 0 Å². The number of hydrogen-bond donors (Lipinski definition) is 1. The van der Waals surface area contributed by atoms with Crippen LogP contribution in [0.25, 0.3) is 0 Å². The molecule has 0 radical (unpaired) electrons. The first-order valence-electron chi connectivity index (χ1n) is 5.30. The Balaban J connectivity index is 2.82. The van der Waals surface area contributed by atoms with Gasteiger partial charge in [0, 0.05) is 24.2 Å². The predicted octanol–water partition coefficient (Wildman–Crippen LogP) is 1.24. The maximum absolute atomic E-state index is 11.0. The number of carboxylic acids is 1. The number of carboxylic acid groups (broad SMARTS) is 1. The molecule has 5 nitrogen and oxygen atoms in total. The number of aryl methyl sites for hydroxylation is 1. The third-order valence-electron chi connectivity index (χ3n) is 2.70. The molecule has 0 amide bonds. The highest BCUT2D eigenvalue weighted by Crippen LogP contribution is 2.15. The van der Waals surface area contributed by atoms with Crippen LogP contribution in [0.5, 0.6) is 0 Å². The zero-order chi connectivity index (χ0) is 13.2. The van der Waals surface area contributed by atoms with Gasteiger partial charge in [0.25, 0.3) is 0 Å². The molecule has 17 heavy (non-hydrogen) atoms. The van der Waals surface area contributed by atoms with Gasteiger partial charge in [-0.1, -0.05) is 0 Å². The van der Waals surface area contributed by atoms with E-state index in [9.17, 15) is 13.2 Å². The topological polar surface area (TPSA) is 76.4 Å². The molecule has 0 spiro atoms. The van der Waals surface area contributed by atoms with Gasteiger partial charge in [0.05, 0.1) is 11.3 Å². The van der Waals surface area contributed by atoms with Crippen LogP contribution in [0.4, 0.5) is 0 Å². The number of aromatic nitrogens is 1. The van der Waals surface area contributed by atoms with Crippen molar-refractivity contribution in [3.8, 4) is 0 Å². The summed E-state index contributed by atoms with van der Waals surface area (Å²) in [7, 11) is -2.96. The molecule has 1 heterocycles.